The first-order valence-electron chi connectivity index (χ1n) is 15.6. The van der Waals surface area contributed by atoms with E-state index >= 15 is 0 Å². The van der Waals surface area contributed by atoms with Gasteiger partial charge in [0.2, 0.25) is 0 Å². The average molecular weight is 609 g/mol. The predicted molar refractivity (Wildman–Crippen MR) is 170 cm³/mol. The van der Waals surface area contributed by atoms with E-state index in [1.165, 1.54) is 5.56 Å². The van der Waals surface area contributed by atoms with Crippen LogP contribution in [0.15, 0.2) is 67.0 Å². The van der Waals surface area contributed by atoms with Gasteiger partial charge in [0.05, 0.1) is 30.8 Å². The molecule has 3 aromatic rings. The molecular weight excluding hydrogens is 564 g/mol. The third-order valence-corrected chi connectivity index (χ3v) is 11.1. The zero-order valence-corrected chi connectivity index (χ0v) is 25.5. The van der Waals surface area contributed by atoms with Gasteiger partial charge in [0.1, 0.15) is 5.60 Å². The molecule has 3 atom stereocenters. The van der Waals surface area contributed by atoms with E-state index in [9.17, 15) is 19.0 Å². The summed E-state index contributed by atoms with van der Waals surface area (Å²) >= 11 is 0. The van der Waals surface area contributed by atoms with Gasteiger partial charge < -0.3 is 24.6 Å². The molecule has 0 bridgehead atoms. The van der Waals surface area contributed by atoms with Gasteiger partial charge in [-0.2, -0.15) is 10.6 Å². The van der Waals surface area contributed by atoms with Crippen molar-refractivity contribution in [2.75, 3.05) is 37.7 Å². The van der Waals surface area contributed by atoms with Crippen molar-refractivity contribution in [2.24, 2.45) is 0 Å². The number of nitrogens with zero attached hydrogens (tertiary/aromatic N) is 3. The summed E-state index contributed by atoms with van der Waals surface area (Å²) in [5.74, 6) is 0.612. The first-order valence-corrected chi connectivity index (χ1v) is 17.5. The Labute approximate surface area is 255 Å². The molecule has 0 radical (unpaired) electrons. The lowest BCUT2D eigenvalue weighted by molar-refractivity contribution is -0.118. The normalized spacial score (nSPS) is 27.1. The van der Waals surface area contributed by atoms with Crippen LogP contribution in [0.4, 0.5) is 0 Å². The summed E-state index contributed by atoms with van der Waals surface area (Å²) in [7, 11) is -2.50. The topological polar surface area (TPSA) is 120 Å². The van der Waals surface area contributed by atoms with E-state index in [-0.39, 0.29) is 30.7 Å². The summed E-state index contributed by atoms with van der Waals surface area (Å²) in [6.45, 7) is 2.21. The molecule has 3 fully saturated rings. The smallest absolute Gasteiger partial charge is 0.275 e. The van der Waals surface area contributed by atoms with Crippen molar-refractivity contribution < 1.29 is 23.7 Å². The summed E-state index contributed by atoms with van der Waals surface area (Å²) in [6, 6.07) is 19.9. The van der Waals surface area contributed by atoms with E-state index in [4.69, 9.17) is 9.72 Å². The number of rotatable bonds is 8. The highest BCUT2D eigenvalue weighted by Crippen LogP contribution is 2.46. The van der Waals surface area contributed by atoms with E-state index in [1.807, 2.05) is 58.0 Å². The van der Waals surface area contributed by atoms with Crippen LogP contribution in [-0.4, -0.2) is 90.1 Å². The number of carbonyl (C=O) groups excluding carboxylic acids is 1. The fourth-order valence-corrected chi connectivity index (χ4v) is 8.44. The van der Waals surface area contributed by atoms with Gasteiger partial charge in [-0.05, 0) is 37.7 Å². The number of aliphatic hydroxyl groups is 1. The number of nitrogens with one attached hydrogen (secondary N) is 1. The van der Waals surface area contributed by atoms with Gasteiger partial charge >= 0.3 is 0 Å². The number of hydrogen-bond acceptors (Lipinski definition) is 7. The van der Waals surface area contributed by atoms with Crippen LogP contribution in [0, 0.1) is 0 Å². The number of piperazine rings is 1. The minimum Gasteiger partial charge on any atom is -0.385 e. The van der Waals surface area contributed by atoms with Gasteiger partial charge in [-0.15, -0.1) is 0 Å². The highest BCUT2D eigenvalue weighted by atomic mass is 32.3. The second kappa shape index (κ2) is 13.1. The van der Waals surface area contributed by atoms with Gasteiger partial charge in [0, 0.05) is 42.7 Å². The van der Waals surface area contributed by atoms with Crippen LogP contribution in [0.2, 0.25) is 0 Å². The maximum atomic E-state index is 14.3. The van der Waals surface area contributed by atoms with E-state index in [1.54, 1.807) is 6.33 Å². The molecule has 6 rings (SSSR count). The van der Waals surface area contributed by atoms with Crippen molar-refractivity contribution >= 4 is 16.5 Å². The monoisotopic (exact) mass is 608 g/mol. The highest BCUT2D eigenvalue weighted by molar-refractivity contribution is 8.24. The third kappa shape index (κ3) is 6.84. The van der Waals surface area contributed by atoms with Crippen LogP contribution in [0.5, 0.6) is 0 Å². The molecule has 1 saturated carbocycles. The van der Waals surface area contributed by atoms with E-state index in [0.717, 1.165) is 50.0 Å². The summed E-state index contributed by atoms with van der Waals surface area (Å²) in [6.07, 6.45) is 6.75. The van der Waals surface area contributed by atoms with Crippen molar-refractivity contribution in [3.63, 3.8) is 0 Å². The van der Waals surface area contributed by atoms with Crippen LogP contribution in [0.25, 0.3) is 11.3 Å². The van der Waals surface area contributed by atoms with Gasteiger partial charge in [0.15, 0.2) is 5.69 Å². The minimum absolute atomic E-state index is 0.00587. The fourth-order valence-electron chi connectivity index (χ4n) is 6.95. The van der Waals surface area contributed by atoms with Crippen LogP contribution < -0.4 is 5.32 Å². The van der Waals surface area contributed by atoms with Crippen molar-refractivity contribution in [1.29, 1.82) is 0 Å². The van der Waals surface area contributed by atoms with Crippen molar-refractivity contribution in [2.45, 2.75) is 68.7 Å². The molecule has 43 heavy (non-hydrogen) atoms. The number of benzene rings is 2. The molecule has 0 unspecified atom stereocenters. The van der Waals surface area contributed by atoms with Crippen LogP contribution in [0.1, 0.15) is 60.6 Å². The average Bonchev–Trinajstić information content (AvgIpc) is 3.46. The Morgan fingerprint density at radius 3 is 2.49 bits per heavy atom. The zero-order chi connectivity index (χ0) is 29.9. The van der Waals surface area contributed by atoms with Gasteiger partial charge in [0.25, 0.3) is 5.91 Å². The number of amides is 1. The Morgan fingerprint density at radius 1 is 1.02 bits per heavy atom. The zero-order valence-electron chi connectivity index (χ0n) is 24.7. The molecule has 3 aliphatic rings. The minimum atomic E-state index is -2.50. The SMILES string of the molecule is O=C(c1ncn([C@@H]2CCCC[C@@]2(O)COC2CCS(O)(O)CC2)c1-c1ccccc1)N1CCNC[C@H]1Cc1ccccc1. The Morgan fingerprint density at radius 2 is 1.74 bits per heavy atom. The second-order valence-electron chi connectivity index (χ2n) is 12.3. The molecule has 9 nitrogen and oxygen atoms in total. The molecule has 2 saturated heterocycles. The van der Waals surface area contributed by atoms with Crippen molar-refractivity contribution in [1.82, 2.24) is 19.8 Å². The molecule has 1 amide bonds. The maximum Gasteiger partial charge on any atom is 0.275 e. The van der Waals surface area contributed by atoms with Crippen LogP contribution in [-0.2, 0) is 11.2 Å². The molecule has 2 aromatic carbocycles. The predicted octanol–water partition coefficient (Wildman–Crippen LogP) is 4.98. The number of carbonyl (C=O) groups is 1. The summed E-state index contributed by atoms with van der Waals surface area (Å²) in [5.41, 5.74) is 2.10. The maximum absolute atomic E-state index is 14.3. The van der Waals surface area contributed by atoms with Crippen LogP contribution in [0.3, 0.4) is 0 Å². The standard InChI is InChI=1S/C33H44N4O5S/c38-32(36-18-17-34-22-27(36)21-25-9-3-1-4-10-25)30-31(26-11-5-2-6-12-26)37(24-35-30)29-13-7-8-16-33(29,39)23-42-28-14-19-43(40,41)20-15-28/h1-6,9-12,24,27-29,34,39-41H,7-8,13-23H2/t27-,29-,33-/m1/s1. The van der Waals surface area contributed by atoms with Gasteiger partial charge in [-0.1, -0.05) is 73.5 Å². The molecule has 2 aliphatic heterocycles. The lowest BCUT2D eigenvalue weighted by Crippen LogP contribution is -2.54. The molecule has 10 heteroatoms. The lowest BCUT2D eigenvalue weighted by atomic mass is 9.80. The Hall–Kier alpha value is -2.73. The highest BCUT2D eigenvalue weighted by Gasteiger charge is 2.43. The molecule has 232 valence electrons. The number of hydrogen-bond donors (Lipinski definition) is 4. The van der Waals surface area contributed by atoms with Crippen molar-refractivity contribution in [3.05, 3.63) is 78.2 Å². The summed E-state index contributed by atoms with van der Waals surface area (Å²) < 4.78 is 28.3. The van der Waals surface area contributed by atoms with E-state index in [0.29, 0.717) is 43.0 Å². The second-order valence-corrected chi connectivity index (χ2v) is 14.8. The van der Waals surface area contributed by atoms with Crippen molar-refractivity contribution in [3.8, 4) is 11.3 Å². The molecular formula is C33H44N4O5S. The summed E-state index contributed by atoms with van der Waals surface area (Å²) in [4.78, 5) is 21.1. The molecule has 1 aliphatic carbocycles. The fraction of sp³-hybridized carbons (Fsp3) is 0.515. The van der Waals surface area contributed by atoms with Gasteiger partial charge in [-0.25, -0.2) is 4.98 Å². The van der Waals surface area contributed by atoms with E-state index in [2.05, 4.69) is 17.4 Å². The Balaban J connectivity index is 1.29. The Bertz CT molecular complexity index is 1360. The molecule has 4 N–H and O–H groups in total. The quantitative estimate of drug-likeness (QED) is 0.285. The number of ether oxygens (including phenoxy) is 1. The largest absolute Gasteiger partial charge is 0.385 e. The van der Waals surface area contributed by atoms with E-state index < -0.39 is 16.2 Å². The first kappa shape index (κ1) is 30.3. The van der Waals surface area contributed by atoms with Crippen LogP contribution >= 0.6 is 10.6 Å². The van der Waals surface area contributed by atoms with Gasteiger partial charge in [-0.3, -0.25) is 13.9 Å². The summed E-state index contributed by atoms with van der Waals surface area (Å²) in [5, 5.41) is 15.6. The third-order valence-electron chi connectivity index (χ3n) is 9.36. The Kier molecular flexibility index (Phi) is 9.23. The first-order chi connectivity index (χ1) is 20.8. The molecule has 1 aromatic heterocycles. The number of aromatic nitrogens is 2. The molecule has 3 heterocycles. The number of imidazole rings is 1. The molecule has 0 spiro atoms. The lowest BCUT2D eigenvalue weighted by Gasteiger charge is -2.43.